The molecule has 1 aliphatic rings. The zero-order valence-corrected chi connectivity index (χ0v) is 18.2. The predicted octanol–water partition coefficient (Wildman–Crippen LogP) is 5.06. The number of rotatable bonds is 5. The first-order valence-electron chi connectivity index (χ1n) is 10.2. The van der Waals surface area contributed by atoms with E-state index in [0.717, 1.165) is 36.1 Å². The van der Waals surface area contributed by atoms with Crippen LogP contribution in [0.15, 0.2) is 48.5 Å². The summed E-state index contributed by atoms with van der Waals surface area (Å²) in [6.45, 7) is 0. The second-order valence-electron chi connectivity index (χ2n) is 7.40. The van der Waals surface area contributed by atoms with Crippen molar-refractivity contribution in [2.75, 3.05) is 17.7 Å². The number of ether oxygens (including phenoxy) is 1. The van der Waals surface area contributed by atoms with Crippen LogP contribution in [-0.4, -0.2) is 24.9 Å². The quantitative estimate of drug-likeness (QED) is 0.530. The van der Waals surface area contributed by atoms with Crippen LogP contribution in [0.5, 0.6) is 0 Å². The summed E-state index contributed by atoms with van der Waals surface area (Å²) in [6, 6.07) is 11.6. The molecule has 2 amide bonds. The predicted molar refractivity (Wildman–Crippen MR) is 121 cm³/mol. The van der Waals surface area contributed by atoms with E-state index in [-0.39, 0.29) is 5.91 Å². The van der Waals surface area contributed by atoms with Crippen LogP contribution < -0.4 is 10.6 Å². The maximum absolute atomic E-state index is 13.2. The number of nitrogens with one attached hydrogen (secondary N) is 2. The van der Waals surface area contributed by atoms with Gasteiger partial charge in [-0.2, -0.15) is 0 Å². The molecule has 0 aliphatic heterocycles. The van der Waals surface area contributed by atoms with Crippen LogP contribution in [0, 0.1) is 5.82 Å². The van der Waals surface area contributed by atoms with Gasteiger partial charge in [-0.3, -0.25) is 9.59 Å². The fraction of sp³-hybridized carbons (Fsp3) is 0.208. The number of anilines is 2. The molecule has 6 nitrogen and oxygen atoms in total. The summed E-state index contributed by atoms with van der Waals surface area (Å²) in [5, 5.41) is 6.17. The van der Waals surface area contributed by atoms with Gasteiger partial charge in [0.15, 0.2) is 0 Å². The van der Waals surface area contributed by atoms with Gasteiger partial charge in [0, 0.05) is 16.1 Å². The molecule has 0 radical (unpaired) electrons. The molecule has 0 atom stereocenters. The summed E-state index contributed by atoms with van der Waals surface area (Å²) in [6.07, 6.45) is 3.64. The SMILES string of the molecule is COC(=O)c1ccc(NC(=O)c2c(NC(=O)c3ccc(F)cc3)sc3c2CCCC3)cc1. The van der Waals surface area contributed by atoms with E-state index >= 15 is 0 Å². The van der Waals surface area contributed by atoms with Crippen molar-refractivity contribution in [2.45, 2.75) is 25.7 Å². The number of thiophene rings is 1. The fourth-order valence-corrected chi connectivity index (χ4v) is 4.95. The Morgan fingerprint density at radius 2 is 1.53 bits per heavy atom. The molecule has 1 heterocycles. The highest BCUT2D eigenvalue weighted by molar-refractivity contribution is 7.17. The smallest absolute Gasteiger partial charge is 0.337 e. The Balaban J connectivity index is 1.60. The van der Waals surface area contributed by atoms with E-state index in [4.69, 9.17) is 0 Å². The number of methoxy groups -OCH3 is 1. The van der Waals surface area contributed by atoms with Crippen molar-refractivity contribution >= 4 is 39.8 Å². The first-order valence-corrected chi connectivity index (χ1v) is 11.0. The molecule has 0 saturated heterocycles. The highest BCUT2D eigenvalue weighted by atomic mass is 32.1. The normalized spacial score (nSPS) is 12.6. The average molecular weight is 453 g/mol. The lowest BCUT2D eigenvalue weighted by Crippen LogP contribution is -2.18. The largest absolute Gasteiger partial charge is 0.465 e. The van der Waals surface area contributed by atoms with Crippen LogP contribution in [0.2, 0.25) is 0 Å². The molecule has 32 heavy (non-hydrogen) atoms. The molecule has 8 heteroatoms. The first kappa shape index (κ1) is 21.7. The molecule has 3 aromatic rings. The van der Waals surface area contributed by atoms with E-state index in [9.17, 15) is 18.8 Å². The van der Waals surface area contributed by atoms with Gasteiger partial charge < -0.3 is 15.4 Å². The maximum Gasteiger partial charge on any atom is 0.337 e. The zero-order chi connectivity index (χ0) is 22.7. The Morgan fingerprint density at radius 1 is 0.875 bits per heavy atom. The average Bonchev–Trinajstić information content (AvgIpc) is 3.17. The van der Waals surface area contributed by atoms with E-state index < -0.39 is 17.7 Å². The standard InChI is InChI=1S/C24H21FN2O4S/c1-31-24(30)15-8-12-17(13-9-15)26-22(29)20-18-4-2-3-5-19(18)32-23(20)27-21(28)14-6-10-16(25)11-7-14/h6-13H,2-5H2,1H3,(H,26,29)(H,27,28). The molecule has 2 aromatic carbocycles. The van der Waals surface area contributed by atoms with Gasteiger partial charge >= 0.3 is 5.97 Å². The molecule has 0 unspecified atom stereocenters. The molecule has 164 valence electrons. The summed E-state index contributed by atoms with van der Waals surface area (Å²) in [5.74, 6) is -1.61. The van der Waals surface area contributed by atoms with E-state index in [2.05, 4.69) is 15.4 Å². The molecule has 0 fully saturated rings. The van der Waals surface area contributed by atoms with Gasteiger partial charge in [0.25, 0.3) is 11.8 Å². The number of carbonyl (C=O) groups is 3. The topological polar surface area (TPSA) is 84.5 Å². The van der Waals surface area contributed by atoms with Crippen molar-refractivity contribution in [2.24, 2.45) is 0 Å². The first-order chi connectivity index (χ1) is 15.5. The van der Waals surface area contributed by atoms with Gasteiger partial charge in [-0.05, 0) is 79.8 Å². The molecule has 1 aliphatic carbocycles. The number of benzene rings is 2. The second kappa shape index (κ2) is 9.32. The molecule has 4 rings (SSSR count). The third kappa shape index (κ3) is 4.55. The van der Waals surface area contributed by atoms with Gasteiger partial charge in [0.05, 0.1) is 18.2 Å². The number of hydrogen-bond acceptors (Lipinski definition) is 5. The zero-order valence-electron chi connectivity index (χ0n) is 17.4. The van der Waals surface area contributed by atoms with Crippen LogP contribution in [0.25, 0.3) is 0 Å². The lowest BCUT2D eigenvalue weighted by Gasteiger charge is -2.13. The number of aryl methyl sites for hydroxylation is 1. The van der Waals surface area contributed by atoms with Gasteiger partial charge in [0.1, 0.15) is 10.8 Å². The number of amides is 2. The minimum Gasteiger partial charge on any atom is -0.465 e. The van der Waals surface area contributed by atoms with Gasteiger partial charge in [-0.15, -0.1) is 11.3 Å². The number of fused-ring (bicyclic) bond motifs is 1. The van der Waals surface area contributed by atoms with E-state index in [1.165, 1.54) is 42.7 Å². The summed E-state index contributed by atoms with van der Waals surface area (Å²) < 4.78 is 17.9. The maximum atomic E-state index is 13.2. The molecule has 0 saturated carbocycles. The van der Waals surface area contributed by atoms with Crippen LogP contribution in [0.3, 0.4) is 0 Å². The van der Waals surface area contributed by atoms with E-state index in [0.29, 0.717) is 27.4 Å². The van der Waals surface area contributed by atoms with Crippen molar-refractivity contribution < 1.29 is 23.5 Å². The van der Waals surface area contributed by atoms with Crippen LogP contribution in [-0.2, 0) is 17.6 Å². The minimum atomic E-state index is -0.458. The van der Waals surface area contributed by atoms with Crippen LogP contribution >= 0.6 is 11.3 Å². The molecule has 0 spiro atoms. The molecular weight excluding hydrogens is 431 g/mol. The molecule has 2 N–H and O–H groups in total. The third-order valence-corrected chi connectivity index (χ3v) is 6.50. The Kier molecular flexibility index (Phi) is 6.32. The Bertz CT molecular complexity index is 1170. The highest BCUT2D eigenvalue weighted by Gasteiger charge is 2.26. The number of esters is 1. The highest BCUT2D eigenvalue weighted by Crippen LogP contribution is 2.38. The van der Waals surface area contributed by atoms with Crippen molar-refractivity contribution in [1.82, 2.24) is 0 Å². The summed E-state index contributed by atoms with van der Waals surface area (Å²) >= 11 is 1.41. The lowest BCUT2D eigenvalue weighted by molar-refractivity contribution is 0.0600. The summed E-state index contributed by atoms with van der Waals surface area (Å²) in [4.78, 5) is 38.6. The molecule has 1 aromatic heterocycles. The van der Waals surface area contributed by atoms with Gasteiger partial charge in [-0.25, -0.2) is 9.18 Å². The Hall–Kier alpha value is -3.52. The summed E-state index contributed by atoms with van der Waals surface area (Å²) in [5.41, 5.74) is 2.62. The molecular formula is C24H21FN2O4S. The van der Waals surface area contributed by atoms with Crippen LogP contribution in [0.1, 0.15) is 54.4 Å². The van der Waals surface area contributed by atoms with Crippen molar-refractivity contribution in [3.05, 3.63) is 81.5 Å². The number of carbonyl (C=O) groups excluding carboxylic acids is 3. The lowest BCUT2D eigenvalue weighted by atomic mass is 9.95. The molecule has 0 bridgehead atoms. The third-order valence-electron chi connectivity index (χ3n) is 5.30. The Morgan fingerprint density at radius 3 is 2.22 bits per heavy atom. The van der Waals surface area contributed by atoms with Crippen molar-refractivity contribution in [1.29, 1.82) is 0 Å². The second-order valence-corrected chi connectivity index (χ2v) is 8.50. The number of hydrogen-bond donors (Lipinski definition) is 2. The minimum absolute atomic E-state index is 0.308. The number of halogens is 1. The van der Waals surface area contributed by atoms with Crippen molar-refractivity contribution in [3.63, 3.8) is 0 Å². The van der Waals surface area contributed by atoms with Gasteiger partial charge in [-0.1, -0.05) is 0 Å². The monoisotopic (exact) mass is 452 g/mol. The van der Waals surface area contributed by atoms with E-state index in [1.54, 1.807) is 24.3 Å². The van der Waals surface area contributed by atoms with Crippen molar-refractivity contribution in [3.8, 4) is 0 Å². The fourth-order valence-electron chi connectivity index (χ4n) is 3.67. The van der Waals surface area contributed by atoms with Crippen LogP contribution in [0.4, 0.5) is 15.1 Å². The van der Waals surface area contributed by atoms with E-state index in [1.807, 2.05) is 0 Å². The Labute approximate surface area is 188 Å². The van der Waals surface area contributed by atoms with Gasteiger partial charge in [0.2, 0.25) is 0 Å². The summed E-state index contributed by atoms with van der Waals surface area (Å²) in [7, 11) is 1.31.